The summed E-state index contributed by atoms with van der Waals surface area (Å²) in [6.45, 7) is 7.74. The van der Waals surface area contributed by atoms with Gasteiger partial charge < -0.3 is 31.6 Å². The molecule has 0 spiro atoms. The third kappa shape index (κ3) is 12.5. The molecule has 0 aromatic carbocycles. The second kappa shape index (κ2) is 16.2. The molecule has 0 saturated heterocycles. The Morgan fingerprint density at radius 2 is 1.03 bits per heavy atom. The van der Waals surface area contributed by atoms with Crippen LogP contribution in [0, 0.1) is 11.8 Å². The van der Waals surface area contributed by atoms with Gasteiger partial charge in [0.2, 0.25) is 11.8 Å². The van der Waals surface area contributed by atoms with Gasteiger partial charge in [0.25, 0.3) is 0 Å². The minimum Gasteiger partial charge on any atom is -0.467 e. The molecule has 0 saturated carbocycles. The highest BCUT2D eigenvalue weighted by Gasteiger charge is 2.27. The summed E-state index contributed by atoms with van der Waals surface area (Å²) in [5.41, 5.74) is 11.8. The van der Waals surface area contributed by atoms with Gasteiger partial charge in [-0.3, -0.25) is 9.59 Å². The molecule has 2 amide bonds. The molecule has 0 aliphatic heterocycles. The lowest BCUT2D eigenvalue weighted by Crippen LogP contribution is -2.50. The fourth-order valence-electron chi connectivity index (χ4n) is 2.61. The molecule has 0 fully saturated rings. The molecule has 0 aromatic rings. The second-order valence-corrected chi connectivity index (χ2v) is 10.8. The lowest BCUT2D eigenvalue weighted by atomic mass is 10.0. The SMILES string of the molecule is COC(=O)[C@H](CC(C)C)NC(=O)[C@@H](N)CSSC[C@H](N)C(=O)N[C@@H](CC(C)C)C(=O)OC. The highest BCUT2D eigenvalue weighted by atomic mass is 33.1. The van der Waals surface area contributed by atoms with Crippen molar-refractivity contribution in [3.05, 3.63) is 0 Å². The number of hydrogen-bond donors (Lipinski definition) is 4. The standard InChI is InChI=1S/C20H38N4O6S2/c1-11(2)7-15(19(27)29-5)23-17(25)13(21)9-31-32-10-14(22)18(26)24-16(8-12(3)4)20(28)30-6/h11-16H,7-10,21-22H2,1-6H3,(H,23,25)(H,24,26)/t13-,14-,15-,16-/m0/s1. The molecule has 0 aromatic heterocycles. The number of rotatable bonds is 15. The molecular formula is C20H38N4O6S2. The largest absolute Gasteiger partial charge is 0.467 e. The van der Waals surface area contributed by atoms with Crippen LogP contribution in [0.15, 0.2) is 0 Å². The van der Waals surface area contributed by atoms with Gasteiger partial charge in [0.05, 0.1) is 26.3 Å². The summed E-state index contributed by atoms with van der Waals surface area (Å²) in [6, 6.07) is -3.18. The number of hydrogen-bond acceptors (Lipinski definition) is 10. The maximum absolute atomic E-state index is 12.3. The molecule has 6 N–H and O–H groups in total. The number of carbonyl (C=O) groups excluding carboxylic acids is 4. The molecule has 32 heavy (non-hydrogen) atoms. The first-order valence-electron chi connectivity index (χ1n) is 10.4. The lowest BCUT2D eigenvalue weighted by molar-refractivity contribution is -0.146. The van der Waals surface area contributed by atoms with E-state index in [9.17, 15) is 19.2 Å². The van der Waals surface area contributed by atoms with Gasteiger partial charge in [0.1, 0.15) is 12.1 Å². The van der Waals surface area contributed by atoms with Crippen LogP contribution >= 0.6 is 21.6 Å². The van der Waals surface area contributed by atoms with E-state index in [0.717, 1.165) is 0 Å². The van der Waals surface area contributed by atoms with E-state index in [4.69, 9.17) is 20.9 Å². The van der Waals surface area contributed by atoms with Gasteiger partial charge in [-0.1, -0.05) is 49.3 Å². The van der Waals surface area contributed by atoms with Gasteiger partial charge in [-0.25, -0.2) is 9.59 Å². The van der Waals surface area contributed by atoms with Gasteiger partial charge in [-0.2, -0.15) is 0 Å². The topological polar surface area (TPSA) is 163 Å². The molecule has 0 radical (unpaired) electrons. The summed E-state index contributed by atoms with van der Waals surface area (Å²) in [6.07, 6.45) is 0.890. The highest BCUT2D eigenvalue weighted by molar-refractivity contribution is 8.76. The number of nitrogens with two attached hydrogens (primary N) is 2. The molecular weight excluding hydrogens is 456 g/mol. The van der Waals surface area contributed by atoms with E-state index in [1.54, 1.807) is 0 Å². The Morgan fingerprint density at radius 3 is 1.28 bits per heavy atom. The Hall–Kier alpha value is -1.50. The van der Waals surface area contributed by atoms with E-state index in [0.29, 0.717) is 12.8 Å². The van der Waals surface area contributed by atoms with Crippen LogP contribution in [0.3, 0.4) is 0 Å². The van der Waals surface area contributed by atoms with Crippen molar-refractivity contribution < 1.29 is 28.7 Å². The predicted molar refractivity (Wildman–Crippen MR) is 128 cm³/mol. The summed E-state index contributed by atoms with van der Waals surface area (Å²) >= 11 is 0. The van der Waals surface area contributed by atoms with Crippen molar-refractivity contribution in [2.75, 3.05) is 25.7 Å². The smallest absolute Gasteiger partial charge is 0.328 e. The van der Waals surface area contributed by atoms with Crippen LogP contribution in [0.2, 0.25) is 0 Å². The molecule has 186 valence electrons. The normalized spacial score (nSPS) is 14.9. The molecule has 12 heteroatoms. The number of carbonyl (C=O) groups is 4. The Balaban J connectivity index is 4.48. The van der Waals surface area contributed by atoms with Crippen LogP contribution in [0.5, 0.6) is 0 Å². The minimum absolute atomic E-state index is 0.188. The predicted octanol–water partition coefficient (Wildman–Crippen LogP) is 0.430. The quantitative estimate of drug-likeness (QED) is 0.143. The summed E-state index contributed by atoms with van der Waals surface area (Å²) in [5, 5.41) is 5.25. The van der Waals surface area contributed by atoms with E-state index in [2.05, 4.69) is 10.6 Å². The average molecular weight is 495 g/mol. The first-order valence-corrected chi connectivity index (χ1v) is 12.9. The first-order chi connectivity index (χ1) is 14.9. The minimum atomic E-state index is -0.841. The maximum atomic E-state index is 12.3. The Morgan fingerprint density at radius 1 is 0.719 bits per heavy atom. The van der Waals surface area contributed by atoms with Crippen LogP contribution in [0.25, 0.3) is 0 Å². The second-order valence-electron chi connectivity index (χ2n) is 8.21. The zero-order chi connectivity index (χ0) is 24.8. The van der Waals surface area contributed by atoms with Crippen LogP contribution in [-0.2, 0) is 28.7 Å². The molecule has 10 nitrogen and oxygen atoms in total. The van der Waals surface area contributed by atoms with E-state index in [1.807, 2.05) is 27.7 Å². The molecule has 0 heterocycles. The van der Waals surface area contributed by atoms with E-state index in [1.165, 1.54) is 35.8 Å². The number of amides is 2. The number of esters is 2. The van der Waals surface area contributed by atoms with Crippen LogP contribution in [-0.4, -0.2) is 73.6 Å². The fraction of sp³-hybridized carbons (Fsp3) is 0.800. The Labute approximate surface area is 198 Å². The molecule has 0 aliphatic carbocycles. The van der Waals surface area contributed by atoms with Gasteiger partial charge in [0, 0.05) is 11.5 Å². The third-order valence-electron chi connectivity index (χ3n) is 4.27. The van der Waals surface area contributed by atoms with Crippen molar-refractivity contribution in [1.82, 2.24) is 10.6 Å². The van der Waals surface area contributed by atoms with E-state index in [-0.39, 0.29) is 23.3 Å². The Bertz CT molecular complexity index is 569. The monoisotopic (exact) mass is 494 g/mol. The molecule has 0 unspecified atom stereocenters. The van der Waals surface area contributed by atoms with Crippen molar-refractivity contribution in [3.8, 4) is 0 Å². The van der Waals surface area contributed by atoms with Crippen LogP contribution in [0.4, 0.5) is 0 Å². The molecule has 0 rings (SSSR count). The van der Waals surface area contributed by atoms with E-state index >= 15 is 0 Å². The molecule has 4 atom stereocenters. The summed E-state index contributed by atoms with van der Waals surface area (Å²) in [4.78, 5) is 48.3. The number of nitrogens with one attached hydrogen (secondary N) is 2. The van der Waals surface area contributed by atoms with Crippen molar-refractivity contribution in [2.45, 2.75) is 64.7 Å². The van der Waals surface area contributed by atoms with Gasteiger partial charge in [-0.15, -0.1) is 0 Å². The summed E-state index contributed by atoms with van der Waals surface area (Å²) < 4.78 is 9.45. The summed E-state index contributed by atoms with van der Waals surface area (Å²) in [5.74, 6) is -1.03. The molecule has 0 aliphatic rings. The number of ether oxygens (including phenoxy) is 2. The maximum Gasteiger partial charge on any atom is 0.328 e. The Kier molecular flexibility index (Phi) is 15.4. The van der Waals surface area contributed by atoms with Crippen LogP contribution in [0.1, 0.15) is 40.5 Å². The van der Waals surface area contributed by atoms with Crippen molar-refractivity contribution in [3.63, 3.8) is 0 Å². The first kappa shape index (κ1) is 30.5. The number of methoxy groups -OCH3 is 2. The van der Waals surface area contributed by atoms with Crippen molar-refractivity contribution in [1.29, 1.82) is 0 Å². The summed E-state index contributed by atoms with van der Waals surface area (Å²) in [7, 11) is 5.12. The van der Waals surface area contributed by atoms with Gasteiger partial charge in [0.15, 0.2) is 0 Å². The lowest BCUT2D eigenvalue weighted by Gasteiger charge is -2.21. The fourth-order valence-corrected chi connectivity index (χ4v) is 4.85. The van der Waals surface area contributed by atoms with Crippen molar-refractivity contribution in [2.24, 2.45) is 23.3 Å². The van der Waals surface area contributed by atoms with Gasteiger partial charge in [-0.05, 0) is 24.7 Å². The average Bonchev–Trinajstić information content (AvgIpc) is 2.73. The highest BCUT2D eigenvalue weighted by Crippen LogP contribution is 2.22. The zero-order valence-corrected chi connectivity index (χ0v) is 21.3. The molecule has 0 bridgehead atoms. The van der Waals surface area contributed by atoms with Gasteiger partial charge >= 0.3 is 11.9 Å². The van der Waals surface area contributed by atoms with Crippen molar-refractivity contribution >= 4 is 45.3 Å². The van der Waals surface area contributed by atoms with Crippen LogP contribution < -0.4 is 22.1 Å². The van der Waals surface area contributed by atoms with E-state index < -0.39 is 47.9 Å². The zero-order valence-electron chi connectivity index (χ0n) is 19.7. The third-order valence-corrected chi connectivity index (χ3v) is 6.74.